The molecule has 2 saturated heterocycles. The van der Waals surface area contributed by atoms with Gasteiger partial charge in [0.05, 0.1) is 11.7 Å². The number of amides is 1. The number of pyridine rings is 1. The van der Waals surface area contributed by atoms with Crippen LogP contribution in [0.2, 0.25) is 0 Å². The van der Waals surface area contributed by atoms with E-state index >= 15 is 0 Å². The summed E-state index contributed by atoms with van der Waals surface area (Å²) in [4.78, 5) is 31.3. The van der Waals surface area contributed by atoms with Gasteiger partial charge in [-0.15, -0.1) is 0 Å². The summed E-state index contributed by atoms with van der Waals surface area (Å²) in [6, 6.07) is 5.30. The number of carbonyl (C=O) groups is 1. The monoisotopic (exact) mass is 369 g/mol. The van der Waals surface area contributed by atoms with Crippen LogP contribution in [0.3, 0.4) is 0 Å². The molecule has 0 saturated carbocycles. The molecule has 27 heavy (non-hydrogen) atoms. The van der Waals surface area contributed by atoms with E-state index in [1.165, 1.54) is 0 Å². The van der Waals surface area contributed by atoms with Crippen LogP contribution in [0.5, 0.6) is 0 Å². The highest BCUT2D eigenvalue weighted by Crippen LogP contribution is 2.23. The first-order valence-electron chi connectivity index (χ1n) is 9.12. The Kier molecular flexibility index (Phi) is 4.76. The van der Waals surface area contributed by atoms with E-state index in [4.69, 9.17) is 5.73 Å². The number of nitrogens with two attached hydrogens (primary N) is 1. The standard InChI is InChI=1S/C18H23N7O2/c19-16(27)14-2-1-5-20-17(14)23-8-10-24(11-9-23)18-21-6-3-15(22-18)25-7-4-13(26)12-25/h1-3,5-6,13,26H,4,7-12H2,(H2,19,27)/t13-/m0/s1. The van der Waals surface area contributed by atoms with E-state index in [0.29, 0.717) is 37.0 Å². The molecule has 2 aromatic rings. The van der Waals surface area contributed by atoms with Crippen LogP contribution in [0.25, 0.3) is 0 Å². The molecular weight excluding hydrogens is 346 g/mol. The highest BCUT2D eigenvalue weighted by atomic mass is 16.3. The van der Waals surface area contributed by atoms with E-state index in [0.717, 1.165) is 31.9 Å². The molecular formula is C18H23N7O2. The summed E-state index contributed by atoms with van der Waals surface area (Å²) in [7, 11) is 0. The van der Waals surface area contributed by atoms with E-state index in [9.17, 15) is 9.90 Å². The van der Waals surface area contributed by atoms with Gasteiger partial charge in [-0.25, -0.2) is 9.97 Å². The number of aliphatic hydroxyl groups is 1. The fourth-order valence-electron chi connectivity index (χ4n) is 3.58. The molecule has 9 heteroatoms. The van der Waals surface area contributed by atoms with Crippen LogP contribution in [0, 0.1) is 0 Å². The fourth-order valence-corrected chi connectivity index (χ4v) is 3.58. The lowest BCUT2D eigenvalue weighted by Crippen LogP contribution is -2.48. The molecule has 4 heterocycles. The number of hydrogen-bond acceptors (Lipinski definition) is 8. The first-order chi connectivity index (χ1) is 13.1. The van der Waals surface area contributed by atoms with E-state index in [-0.39, 0.29) is 6.10 Å². The Labute approximate surface area is 157 Å². The van der Waals surface area contributed by atoms with Gasteiger partial charge in [-0.05, 0) is 24.6 Å². The fraction of sp³-hybridized carbons (Fsp3) is 0.444. The third-order valence-electron chi connectivity index (χ3n) is 5.03. The van der Waals surface area contributed by atoms with Gasteiger partial charge in [-0.3, -0.25) is 4.79 Å². The zero-order valence-electron chi connectivity index (χ0n) is 15.0. The Bertz CT molecular complexity index is 823. The molecule has 0 unspecified atom stereocenters. The summed E-state index contributed by atoms with van der Waals surface area (Å²) in [6.45, 7) is 4.27. The summed E-state index contributed by atoms with van der Waals surface area (Å²) in [6.07, 6.45) is 3.92. The number of aromatic nitrogens is 3. The third-order valence-corrected chi connectivity index (χ3v) is 5.03. The molecule has 142 valence electrons. The maximum Gasteiger partial charge on any atom is 0.252 e. The number of nitrogens with zero attached hydrogens (tertiary/aromatic N) is 6. The molecule has 9 nitrogen and oxygen atoms in total. The van der Waals surface area contributed by atoms with Gasteiger partial charge in [0.15, 0.2) is 0 Å². The van der Waals surface area contributed by atoms with Crippen LogP contribution in [0.15, 0.2) is 30.6 Å². The van der Waals surface area contributed by atoms with Crippen molar-refractivity contribution in [1.82, 2.24) is 15.0 Å². The lowest BCUT2D eigenvalue weighted by atomic mass is 10.2. The Hall–Kier alpha value is -2.94. The number of β-amino-alcohol motifs (C(OH)–C–C–N with tert-alkyl or cyclic N) is 1. The van der Waals surface area contributed by atoms with Crippen molar-refractivity contribution < 1.29 is 9.90 Å². The number of aliphatic hydroxyl groups excluding tert-OH is 1. The van der Waals surface area contributed by atoms with Gasteiger partial charge < -0.3 is 25.5 Å². The van der Waals surface area contributed by atoms with Gasteiger partial charge in [0, 0.05) is 51.7 Å². The first kappa shape index (κ1) is 17.5. The third kappa shape index (κ3) is 3.63. The van der Waals surface area contributed by atoms with Crippen molar-refractivity contribution >= 4 is 23.5 Å². The van der Waals surface area contributed by atoms with Crippen molar-refractivity contribution in [3.63, 3.8) is 0 Å². The molecule has 2 fully saturated rings. The average molecular weight is 369 g/mol. The predicted octanol–water partition coefficient (Wildman–Crippen LogP) is -0.132. The summed E-state index contributed by atoms with van der Waals surface area (Å²) >= 11 is 0. The van der Waals surface area contributed by atoms with Gasteiger partial charge in [-0.1, -0.05) is 0 Å². The average Bonchev–Trinajstić information content (AvgIpc) is 3.15. The van der Waals surface area contributed by atoms with Crippen LogP contribution in [0.1, 0.15) is 16.8 Å². The minimum Gasteiger partial charge on any atom is -0.391 e. The lowest BCUT2D eigenvalue weighted by Gasteiger charge is -2.36. The molecule has 2 aliphatic heterocycles. The Morgan fingerprint density at radius 3 is 2.52 bits per heavy atom. The minimum atomic E-state index is -0.468. The molecule has 0 spiro atoms. The second-order valence-corrected chi connectivity index (χ2v) is 6.82. The van der Waals surface area contributed by atoms with E-state index in [2.05, 4.69) is 29.7 Å². The molecule has 1 amide bonds. The first-order valence-corrected chi connectivity index (χ1v) is 9.12. The van der Waals surface area contributed by atoms with Gasteiger partial charge in [0.1, 0.15) is 11.6 Å². The topological polar surface area (TPSA) is 112 Å². The summed E-state index contributed by atoms with van der Waals surface area (Å²) in [5, 5.41) is 9.74. The van der Waals surface area contributed by atoms with Gasteiger partial charge >= 0.3 is 0 Å². The second kappa shape index (κ2) is 7.36. The molecule has 0 bridgehead atoms. The molecule has 3 N–H and O–H groups in total. The van der Waals surface area contributed by atoms with Gasteiger partial charge in [-0.2, -0.15) is 4.98 Å². The zero-order valence-corrected chi connectivity index (χ0v) is 15.0. The van der Waals surface area contributed by atoms with Crippen LogP contribution in [-0.4, -0.2) is 71.3 Å². The number of hydrogen-bond donors (Lipinski definition) is 2. The van der Waals surface area contributed by atoms with Crippen LogP contribution >= 0.6 is 0 Å². The maximum atomic E-state index is 11.6. The SMILES string of the molecule is NC(=O)c1cccnc1N1CCN(c2nccc(N3CC[C@H](O)C3)n2)CC1. The lowest BCUT2D eigenvalue weighted by molar-refractivity contribution is 0.100. The highest BCUT2D eigenvalue weighted by molar-refractivity contribution is 5.97. The number of primary amides is 1. The molecule has 1 atom stereocenters. The molecule has 0 radical (unpaired) electrons. The van der Waals surface area contributed by atoms with Crippen molar-refractivity contribution in [2.45, 2.75) is 12.5 Å². The molecule has 2 aromatic heterocycles. The Morgan fingerprint density at radius 1 is 1.04 bits per heavy atom. The Morgan fingerprint density at radius 2 is 1.81 bits per heavy atom. The van der Waals surface area contributed by atoms with Gasteiger partial charge in [0.2, 0.25) is 5.95 Å². The van der Waals surface area contributed by atoms with Crippen LogP contribution in [0.4, 0.5) is 17.6 Å². The van der Waals surface area contributed by atoms with Crippen molar-refractivity contribution in [3.05, 3.63) is 36.2 Å². The normalized spacial score (nSPS) is 20.2. The highest BCUT2D eigenvalue weighted by Gasteiger charge is 2.25. The molecule has 4 rings (SSSR count). The van der Waals surface area contributed by atoms with Crippen molar-refractivity contribution in [2.75, 3.05) is 54.0 Å². The predicted molar refractivity (Wildman–Crippen MR) is 102 cm³/mol. The van der Waals surface area contributed by atoms with E-state index < -0.39 is 5.91 Å². The number of anilines is 3. The van der Waals surface area contributed by atoms with E-state index in [1.54, 1.807) is 24.5 Å². The number of rotatable bonds is 4. The summed E-state index contributed by atoms with van der Waals surface area (Å²) in [5.41, 5.74) is 5.91. The second-order valence-electron chi connectivity index (χ2n) is 6.82. The molecule has 0 aromatic carbocycles. The zero-order chi connectivity index (χ0) is 18.8. The van der Waals surface area contributed by atoms with Crippen molar-refractivity contribution in [1.29, 1.82) is 0 Å². The molecule has 0 aliphatic carbocycles. The summed E-state index contributed by atoms with van der Waals surface area (Å²) in [5.74, 6) is 1.69. The summed E-state index contributed by atoms with van der Waals surface area (Å²) < 4.78 is 0. The minimum absolute atomic E-state index is 0.287. The smallest absolute Gasteiger partial charge is 0.252 e. The number of piperazine rings is 1. The number of carbonyl (C=O) groups excluding carboxylic acids is 1. The van der Waals surface area contributed by atoms with Crippen LogP contribution in [-0.2, 0) is 0 Å². The van der Waals surface area contributed by atoms with E-state index in [1.807, 2.05) is 6.07 Å². The van der Waals surface area contributed by atoms with Crippen LogP contribution < -0.4 is 20.4 Å². The molecule has 2 aliphatic rings. The van der Waals surface area contributed by atoms with Crippen molar-refractivity contribution in [2.24, 2.45) is 5.73 Å². The quantitative estimate of drug-likeness (QED) is 0.766. The van der Waals surface area contributed by atoms with Crippen molar-refractivity contribution in [3.8, 4) is 0 Å². The Balaban J connectivity index is 1.45. The largest absolute Gasteiger partial charge is 0.391 e. The maximum absolute atomic E-state index is 11.6. The van der Waals surface area contributed by atoms with Gasteiger partial charge in [0.25, 0.3) is 5.91 Å².